The first-order chi connectivity index (χ1) is 25.7. The molecule has 54 heavy (non-hydrogen) atoms. The van der Waals surface area contributed by atoms with Gasteiger partial charge in [-0.1, -0.05) is 75.8 Å². The van der Waals surface area contributed by atoms with Crippen molar-refractivity contribution in [3.05, 3.63) is 106 Å². The Morgan fingerprint density at radius 2 is 1.70 bits per heavy atom. The average Bonchev–Trinajstić information content (AvgIpc) is 3.12. The summed E-state index contributed by atoms with van der Waals surface area (Å²) in [6.45, 7) is 22.8. The molecule has 2 aliphatic carbocycles. The molecule has 4 N–H and O–H groups in total. The van der Waals surface area contributed by atoms with Crippen molar-refractivity contribution in [2.24, 2.45) is 17.3 Å². The normalized spacial score (nSPS) is 19.3. The van der Waals surface area contributed by atoms with Crippen molar-refractivity contribution in [1.82, 2.24) is 10.2 Å². The first-order valence-electron chi connectivity index (χ1n) is 20.4. The summed E-state index contributed by atoms with van der Waals surface area (Å²) in [6.07, 6.45) is 17.8. The SMILES string of the molecule is CC1CC=CC=C1[C@@H](CCN(C(C)C)C(C)C)c1cc(CCOC2=CCC(CCNC[C@H](OC(C)C(C)(C)C)c3ccc(O)c(CO)c3)C=C2)ccc1O. The topological polar surface area (TPSA) is 94.4 Å². The maximum atomic E-state index is 11.2. The van der Waals surface area contributed by atoms with E-state index in [1.165, 1.54) is 11.1 Å². The number of nitrogens with zero attached hydrogens (tertiary/aromatic N) is 1. The van der Waals surface area contributed by atoms with Gasteiger partial charge in [0.05, 0.1) is 25.4 Å². The summed E-state index contributed by atoms with van der Waals surface area (Å²) in [5, 5.41) is 34.6. The molecule has 4 rings (SSSR count). The molecule has 3 unspecified atom stereocenters. The van der Waals surface area contributed by atoms with Crippen LogP contribution in [0.15, 0.2) is 84.2 Å². The molecule has 0 spiro atoms. The van der Waals surface area contributed by atoms with Crippen LogP contribution in [0.3, 0.4) is 0 Å². The highest BCUT2D eigenvalue weighted by Gasteiger charge is 2.28. The number of phenolic OH excluding ortho intramolecular Hbond substituents is 1. The molecule has 0 fully saturated rings. The number of allylic oxidation sites excluding steroid dienone is 7. The number of aromatic hydroxyl groups is 2. The van der Waals surface area contributed by atoms with Crippen LogP contribution in [0.2, 0.25) is 0 Å². The maximum Gasteiger partial charge on any atom is 0.121 e. The lowest BCUT2D eigenvalue weighted by molar-refractivity contribution is -0.0565. The largest absolute Gasteiger partial charge is 0.508 e. The Bertz CT molecular complexity index is 1590. The van der Waals surface area contributed by atoms with Gasteiger partial charge < -0.3 is 30.1 Å². The van der Waals surface area contributed by atoms with Crippen molar-refractivity contribution < 1.29 is 24.8 Å². The van der Waals surface area contributed by atoms with E-state index in [1.807, 2.05) is 24.3 Å². The van der Waals surface area contributed by atoms with Gasteiger partial charge in [0.2, 0.25) is 0 Å². The Labute approximate surface area is 326 Å². The van der Waals surface area contributed by atoms with E-state index in [4.69, 9.17) is 9.47 Å². The number of benzene rings is 2. The van der Waals surface area contributed by atoms with Crippen LogP contribution in [0.4, 0.5) is 0 Å². The van der Waals surface area contributed by atoms with Gasteiger partial charge in [-0.05, 0) is 132 Å². The molecule has 0 heterocycles. The summed E-state index contributed by atoms with van der Waals surface area (Å²) in [5.74, 6) is 2.44. The first-order valence-corrected chi connectivity index (χ1v) is 20.4. The van der Waals surface area contributed by atoms with Crippen LogP contribution >= 0.6 is 0 Å². The lowest BCUT2D eigenvalue weighted by Gasteiger charge is -2.34. The monoisotopic (exact) mass is 743 g/mol. The summed E-state index contributed by atoms with van der Waals surface area (Å²) >= 11 is 0. The Morgan fingerprint density at radius 1 is 0.963 bits per heavy atom. The minimum atomic E-state index is -0.216. The van der Waals surface area contributed by atoms with Gasteiger partial charge in [0.15, 0.2) is 0 Å². The molecular weight excluding hydrogens is 673 g/mol. The summed E-state index contributed by atoms with van der Waals surface area (Å²) in [4.78, 5) is 2.55. The number of nitrogens with one attached hydrogen (secondary N) is 1. The second-order valence-corrected chi connectivity index (χ2v) is 17.1. The fourth-order valence-electron chi connectivity index (χ4n) is 7.55. The molecule has 298 valence electrons. The van der Waals surface area contributed by atoms with Gasteiger partial charge >= 0.3 is 0 Å². The third-order valence-corrected chi connectivity index (χ3v) is 11.4. The zero-order chi connectivity index (χ0) is 39.4. The lowest BCUT2D eigenvalue weighted by atomic mass is 9.78. The summed E-state index contributed by atoms with van der Waals surface area (Å²) in [7, 11) is 0. The highest BCUT2D eigenvalue weighted by molar-refractivity contribution is 5.44. The molecule has 2 aliphatic rings. The van der Waals surface area contributed by atoms with Gasteiger partial charge in [0, 0.05) is 42.1 Å². The standard InChI is InChI=1S/C47H70N2O5/c1-32(2)49(33(3)4)26-23-42(41-13-11-10-12-34(41)5)43-28-37(16-20-45(43)52)24-27-53-40-18-14-36(15-19-40)22-25-48-30-46(54-35(6)47(7,8)9)38-17-21-44(51)39(29-38)31-50/h10-11,13-14,16-21,28-29,32-36,42,46,48,50-52H,12,15,22-27,30-31H2,1-9H3/t34?,35?,36?,42-,46+/m1/s1. The van der Waals surface area contributed by atoms with E-state index in [0.717, 1.165) is 62.1 Å². The van der Waals surface area contributed by atoms with E-state index in [2.05, 4.69) is 115 Å². The average molecular weight is 743 g/mol. The van der Waals surface area contributed by atoms with Crippen molar-refractivity contribution in [3.8, 4) is 11.5 Å². The molecule has 0 bridgehead atoms. The van der Waals surface area contributed by atoms with Crippen LogP contribution in [0, 0.1) is 17.3 Å². The summed E-state index contributed by atoms with van der Waals surface area (Å²) < 4.78 is 12.8. The van der Waals surface area contributed by atoms with Gasteiger partial charge in [-0.25, -0.2) is 0 Å². The predicted octanol–water partition coefficient (Wildman–Crippen LogP) is 9.90. The third-order valence-electron chi connectivity index (χ3n) is 11.4. The Hall–Kier alpha value is -3.36. The summed E-state index contributed by atoms with van der Waals surface area (Å²) in [5.41, 5.74) is 5.05. The van der Waals surface area contributed by atoms with Crippen LogP contribution in [0.1, 0.15) is 122 Å². The van der Waals surface area contributed by atoms with Gasteiger partial charge in [0.25, 0.3) is 0 Å². The minimum Gasteiger partial charge on any atom is -0.508 e. The van der Waals surface area contributed by atoms with Crippen molar-refractivity contribution in [2.75, 3.05) is 26.2 Å². The fraction of sp³-hybridized carbons (Fsp3) is 0.574. The smallest absolute Gasteiger partial charge is 0.121 e. The molecule has 2 aromatic rings. The predicted molar refractivity (Wildman–Crippen MR) is 223 cm³/mol. The number of aliphatic hydroxyl groups is 1. The second-order valence-electron chi connectivity index (χ2n) is 17.1. The zero-order valence-corrected chi connectivity index (χ0v) is 34.6. The number of aliphatic hydroxyl groups excluding tert-OH is 1. The van der Waals surface area contributed by atoms with Crippen LogP contribution < -0.4 is 5.32 Å². The highest BCUT2D eigenvalue weighted by atomic mass is 16.5. The number of phenols is 2. The Morgan fingerprint density at radius 3 is 2.35 bits per heavy atom. The fourth-order valence-corrected chi connectivity index (χ4v) is 7.55. The highest BCUT2D eigenvalue weighted by Crippen LogP contribution is 2.40. The van der Waals surface area contributed by atoms with Crippen LogP contribution in [-0.4, -0.2) is 64.6 Å². The molecule has 2 aromatic carbocycles. The van der Waals surface area contributed by atoms with Crippen molar-refractivity contribution in [3.63, 3.8) is 0 Å². The van der Waals surface area contributed by atoms with Gasteiger partial charge in [-0.3, -0.25) is 4.90 Å². The van der Waals surface area contributed by atoms with Crippen LogP contribution in [0.25, 0.3) is 0 Å². The lowest BCUT2D eigenvalue weighted by Crippen LogP contribution is -2.38. The second kappa shape index (κ2) is 20.5. The molecule has 5 atom stereocenters. The first kappa shape index (κ1) is 43.4. The number of rotatable bonds is 20. The minimum absolute atomic E-state index is 0.0174. The summed E-state index contributed by atoms with van der Waals surface area (Å²) in [6, 6.07) is 12.4. The van der Waals surface area contributed by atoms with Gasteiger partial charge in [0.1, 0.15) is 17.3 Å². The third kappa shape index (κ3) is 12.6. The molecule has 7 nitrogen and oxygen atoms in total. The number of hydrogen-bond acceptors (Lipinski definition) is 7. The van der Waals surface area contributed by atoms with E-state index in [-0.39, 0.29) is 35.9 Å². The molecular formula is C47H70N2O5. The molecule has 0 saturated carbocycles. The maximum absolute atomic E-state index is 11.2. The van der Waals surface area contributed by atoms with E-state index in [0.29, 0.717) is 48.4 Å². The molecule has 0 aliphatic heterocycles. The number of hydrogen-bond donors (Lipinski definition) is 4. The van der Waals surface area contributed by atoms with Crippen molar-refractivity contribution in [1.29, 1.82) is 0 Å². The van der Waals surface area contributed by atoms with E-state index < -0.39 is 0 Å². The zero-order valence-electron chi connectivity index (χ0n) is 34.6. The van der Waals surface area contributed by atoms with Crippen molar-refractivity contribution in [2.45, 2.75) is 131 Å². The van der Waals surface area contributed by atoms with Gasteiger partial charge in [-0.15, -0.1) is 0 Å². The molecule has 7 heteroatoms. The number of ether oxygens (including phenoxy) is 2. The Kier molecular flexibility index (Phi) is 16.5. The van der Waals surface area contributed by atoms with Gasteiger partial charge in [-0.2, -0.15) is 0 Å². The molecule has 0 radical (unpaired) electrons. The Balaban J connectivity index is 1.29. The van der Waals surface area contributed by atoms with Crippen LogP contribution in [-0.2, 0) is 22.5 Å². The quantitative estimate of drug-likeness (QED) is 0.100. The molecule has 0 saturated heterocycles. The molecule has 0 amide bonds. The van der Waals surface area contributed by atoms with E-state index in [1.54, 1.807) is 6.07 Å². The van der Waals surface area contributed by atoms with Crippen LogP contribution in [0.5, 0.6) is 11.5 Å². The van der Waals surface area contributed by atoms with Crippen molar-refractivity contribution >= 4 is 0 Å². The van der Waals surface area contributed by atoms with E-state index >= 15 is 0 Å². The molecule has 0 aromatic heterocycles. The van der Waals surface area contributed by atoms with E-state index in [9.17, 15) is 15.3 Å².